The highest BCUT2D eigenvalue weighted by atomic mass is 32.2. The summed E-state index contributed by atoms with van der Waals surface area (Å²) in [5.41, 5.74) is 0.187. The fourth-order valence-corrected chi connectivity index (χ4v) is 2.18. The Labute approximate surface area is 104 Å². The van der Waals surface area contributed by atoms with Crippen molar-refractivity contribution in [3.05, 3.63) is 35.1 Å². The molecule has 0 aromatic heterocycles. The summed E-state index contributed by atoms with van der Waals surface area (Å²) < 4.78 is 39.5. The van der Waals surface area contributed by atoms with Crippen molar-refractivity contribution < 1.29 is 13.2 Å². The summed E-state index contributed by atoms with van der Waals surface area (Å²) in [7, 11) is 0. The summed E-state index contributed by atoms with van der Waals surface area (Å²) >= 11 is 1.53. The summed E-state index contributed by atoms with van der Waals surface area (Å²) in [5.74, 6) is -3.02. The van der Waals surface area contributed by atoms with Crippen LogP contribution in [0, 0.1) is 17.5 Å². The molecule has 0 aliphatic heterocycles. The van der Waals surface area contributed by atoms with Crippen molar-refractivity contribution in [2.45, 2.75) is 19.4 Å². The second-order valence-corrected chi connectivity index (χ2v) is 4.64. The van der Waals surface area contributed by atoms with E-state index in [1.807, 2.05) is 13.2 Å². The molecule has 0 radical (unpaired) electrons. The quantitative estimate of drug-likeness (QED) is 0.788. The van der Waals surface area contributed by atoms with Gasteiger partial charge in [0.1, 0.15) is 0 Å². The maximum Gasteiger partial charge on any atom is 0.194 e. The molecule has 0 aliphatic rings. The highest BCUT2D eigenvalue weighted by Gasteiger charge is 2.19. The zero-order chi connectivity index (χ0) is 12.8. The third-order valence-electron chi connectivity index (χ3n) is 2.41. The number of hydrogen-bond acceptors (Lipinski definition) is 2. The molecule has 0 aliphatic carbocycles. The summed E-state index contributed by atoms with van der Waals surface area (Å²) in [6, 6.07) is 1.98. The molecule has 96 valence electrons. The van der Waals surface area contributed by atoms with Gasteiger partial charge in [-0.1, -0.05) is 13.0 Å². The van der Waals surface area contributed by atoms with Crippen LogP contribution in [0.3, 0.4) is 0 Å². The predicted molar refractivity (Wildman–Crippen MR) is 65.7 cm³/mol. The Balaban J connectivity index is 2.97. The third kappa shape index (κ3) is 3.64. The first kappa shape index (κ1) is 14.4. The minimum atomic E-state index is -1.40. The van der Waals surface area contributed by atoms with Crippen LogP contribution in [-0.2, 0) is 0 Å². The number of rotatable bonds is 6. The summed E-state index contributed by atoms with van der Waals surface area (Å²) in [4.78, 5) is 0. The number of thioether (sulfide) groups is 1. The zero-order valence-corrected chi connectivity index (χ0v) is 10.7. The van der Waals surface area contributed by atoms with Crippen molar-refractivity contribution in [3.63, 3.8) is 0 Å². The molecular formula is C12H16F3NS. The van der Waals surface area contributed by atoms with E-state index in [0.717, 1.165) is 12.5 Å². The maximum atomic E-state index is 13.6. The zero-order valence-electron chi connectivity index (χ0n) is 9.90. The van der Waals surface area contributed by atoms with Crippen LogP contribution in [0.1, 0.15) is 24.9 Å². The highest BCUT2D eigenvalue weighted by Crippen LogP contribution is 2.23. The Kier molecular flexibility index (Phi) is 5.85. The van der Waals surface area contributed by atoms with Crippen LogP contribution in [0.5, 0.6) is 0 Å². The van der Waals surface area contributed by atoms with Gasteiger partial charge in [0.15, 0.2) is 17.5 Å². The van der Waals surface area contributed by atoms with Gasteiger partial charge in [-0.15, -0.1) is 0 Å². The standard InChI is InChI=1S/C12H16F3NS/c1-3-6-16-10(7-17-2)8-4-5-9(13)12(15)11(8)14/h4-5,10,16H,3,6-7H2,1-2H3. The van der Waals surface area contributed by atoms with Crippen LogP contribution >= 0.6 is 11.8 Å². The van der Waals surface area contributed by atoms with Crippen LogP contribution in [0.15, 0.2) is 12.1 Å². The van der Waals surface area contributed by atoms with Crippen LogP contribution in [0.25, 0.3) is 0 Å². The molecule has 17 heavy (non-hydrogen) atoms. The van der Waals surface area contributed by atoms with E-state index in [2.05, 4.69) is 5.32 Å². The number of halogens is 3. The Hall–Kier alpha value is -0.680. The molecule has 0 amide bonds. The van der Waals surface area contributed by atoms with Gasteiger partial charge in [0.05, 0.1) is 0 Å². The minimum absolute atomic E-state index is 0.187. The van der Waals surface area contributed by atoms with Gasteiger partial charge in [0.25, 0.3) is 0 Å². The van der Waals surface area contributed by atoms with Crippen LogP contribution < -0.4 is 5.32 Å². The average molecular weight is 263 g/mol. The molecule has 0 spiro atoms. The second kappa shape index (κ2) is 6.91. The minimum Gasteiger partial charge on any atom is -0.309 e. The number of hydrogen-bond donors (Lipinski definition) is 1. The second-order valence-electron chi connectivity index (χ2n) is 3.73. The molecule has 0 saturated heterocycles. The van der Waals surface area contributed by atoms with Gasteiger partial charge in [0, 0.05) is 17.4 Å². The van der Waals surface area contributed by atoms with Gasteiger partial charge in [-0.05, 0) is 25.3 Å². The lowest BCUT2D eigenvalue weighted by atomic mass is 10.1. The molecule has 5 heteroatoms. The van der Waals surface area contributed by atoms with Gasteiger partial charge >= 0.3 is 0 Å². The van der Waals surface area contributed by atoms with Crippen molar-refractivity contribution >= 4 is 11.8 Å². The first-order valence-corrected chi connectivity index (χ1v) is 6.86. The molecule has 0 fully saturated rings. The van der Waals surface area contributed by atoms with E-state index in [1.54, 1.807) is 0 Å². The first-order valence-electron chi connectivity index (χ1n) is 5.47. The topological polar surface area (TPSA) is 12.0 Å². The van der Waals surface area contributed by atoms with E-state index in [0.29, 0.717) is 12.3 Å². The fourth-order valence-electron chi connectivity index (χ4n) is 1.55. The monoisotopic (exact) mass is 263 g/mol. The van der Waals surface area contributed by atoms with Crippen molar-refractivity contribution in [2.24, 2.45) is 0 Å². The lowest BCUT2D eigenvalue weighted by Gasteiger charge is -2.18. The van der Waals surface area contributed by atoms with E-state index in [9.17, 15) is 13.2 Å². The molecule has 1 unspecified atom stereocenters. The van der Waals surface area contributed by atoms with E-state index in [1.165, 1.54) is 17.8 Å². The van der Waals surface area contributed by atoms with Crippen LogP contribution in [-0.4, -0.2) is 18.6 Å². The van der Waals surface area contributed by atoms with Gasteiger partial charge in [0.2, 0.25) is 0 Å². The van der Waals surface area contributed by atoms with Gasteiger partial charge in [-0.3, -0.25) is 0 Å². The fraction of sp³-hybridized carbons (Fsp3) is 0.500. The molecule has 0 bridgehead atoms. The molecule has 0 saturated carbocycles. The SMILES string of the molecule is CCCNC(CSC)c1ccc(F)c(F)c1F. The number of benzene rings is 1. The third-order valence-corrected chi connectivity index (χ3v) is 3.08. The van der Waals surface area contributed by atoms with Crippen molar-refractivity contribution in [3.8, 4) is 0 Å². The lowest BCUT2D eigenvalue weighted by molar-refractivity contribution is 0.430. The maximum absolute atomic E-state index is 13.6. The van der Waals surface area contributed by atoms with Crippen LogP contribution in [0.2, 0.25) is 0 Å². The van der Waals surface area contributed by atoms with E-state index in [4.69, 9.17) is 0 Å². The first-order chi connectivity index (χ1) is 8.11. The van der Waals surface area contributed by atoms with Crippen molar-refractivity contribution in [2.75, 3.05) is 18.6 Å². The Morgan fingerprint density at radius 3 is 2.53 bits per heavy atom. The smallest absolute Gasteiger partial charge is 0.194 e. The van der Waals surface area contributed by atoms with Crippen molar-refractivity contribution in [1.82, 2.24) is 5.32 Å². The van der Waals surface area contributed by atoms with E-state index >= 15 is 0 Å². The summed E-state index contributed by atoms with van der Waals surface area (Å²) in [6.45, 7) is 2.70. The Morgan fingerprint density at radius 2 is 1.94 bits per heavy atom. The molecule has 1 nitrogen and oxygen atoms in total. The van der Waals surface area contributed by atoms with E-state index < -0.39 is 17.5 Å². The van der Waals surface area contributed by atoms with E-state index in [-0.39, 0.29) is 11.6 Å². The van der Waals surface area contributed by atoms with Gasteiger partial charge in [-0.2, -0.15) is 11.8 Å². The Bertz CT molecular complexity index is 371. The number of nitrogens with one attached hydrogen (secondary N) is 1. The molecule has 1 atom stereocenters. The molecular weight excluding hydrogens is 247 g/mol. The van der Waals surface area contributed by atoms with Gasteiger partial charge in [-0.25, -0.2) is 13.2 Å². The van der Waals surface area contributed by atoms with Gasteiger partial charge < -0.3 is 5.32 Å². The molecule has 1 rings (SSSR count). The summed E-state index contributed by atoms with van der Waals surface area (Å²) in [5, 5.41) is 3.12. The van der Waals surface area contributed by atoms with Crippen LogP contribution in [0.4, 0.5) is 13.2 Å². The molecule has 1 aromatic carbocycles. The molecule has 1 N–H and O–H groups in total. The van der Waals surface area contributed by atoms with Crippen molar-refractivity contribution in [1.29, 1.82) is 0 Å². The lowest BCUT2D eigenvalue weighted by Crippen LogP contribution is -2.25. The Morgan fingerprint density at radius 1 is 1.24 bits per heavy atom. The molecule has 1 aromatic rings. The largest absolute Gasteiger partial charge is 0.309 e. The highest BCUT2D eigenvalue weighted by molar-refractivity contribution is 7.98. The molecule has 0 heterocycles. The summed E-state index contributed by atoms with van der Waals surface area (Å²) in [6.07, 6.45) is 2.79. The average Bonchev–Trinajstić information content (AvgIpc) is 2.32. The normalized spacial score (nSPS) is 12.8. The predicted octanol–water partition coefficient (Wildman–Crippen LogP) is 3.51.